The molecule has 0 radical (unpaired) electrons. The van der Waals surface area contributed by atoms with Gasteiger partial charge < -0.3 is 10.6 Å². The van der Waals surface area contributed by atoms with Crippen molar-refractivity contribution in [1.82, 2.24) is 4.90 Å². The smallest absolute Gasteiger partial charge is 0.248 e. The van der Waals surface area contributed by atoms with Crippen LogP contribution in [-0.4, -0.2) is 30.9 Å². The summed E-state index contributed by atoms with van der Waals surface area (Å²) < 4.78 is 0. The number of amides is 1. The largest absolute Gasteiger partial charge is 0.372 e. The molecular formula is C21H27N3O. The maximum atomic E-state index is 11.1. The summed E-state index contributed by atoms with van der Waals surface area (Å²) in [5.41, 5.74) is 9.67. The highest BCUT2D eigenvalue weighted by Crippen LogP contribution is 2.20. The SMILES string of the molecule is CN(Cc1ccc(C(N)=O)cc1)Cc1ccc(N2CCCCC2)cc1. The van der Waals surface area contributed by atoms with Crippen molar-refractivity contribution in [2.75, 3.05) is 25.0 Å². The van der Waals surface area contributed by atoms with Gasteiger partial charge in [-0.3, -0.25) is 9.69 Å². The van der Waals surface area contributed by atoms with E-state index in [9.17, 15) is 4.79 Å². The Kier molecular flexibility index (Phi) is 5.71. The van der Waals surface area contributed by atoms with E-state index in [1.54, 1.807) is 12.1 Å². The average molecular weight is 337 g/mol. The second kappa shape index (κ2) is 8.17. The summed E-state index contributed by atoms with van der Waals surface area (Å²) in [6, 6.07) is 16.5. The van der Waals surface area contributed by atoms with Gasteiger partial charge in [0.25, 0.3) is 0 Å². The second-order valence-electron chi connectivity index (χ2n) is 6.95. The van der Waals surface area contributed by atoms with E-state index in [-0.39, 0.29) is 5.91 Å². The average Bonchev–Trinajstić information content (AvgIpc) is 2.63. The molecule has 0 aromatic heterocycles. The molecule has 25 heavy (non-hydrogen) atoms. The van der Waals surface area contributed by atoms with Gasteiger partial charge in [-0.05, 0) is 61.7 Å². The van der Waals surface area contributed by atoms with Gasteiger partial charge >= 0.3 is 0 Å². The number of carbonyl (C=O) groups is 1. The van der Waals surface area contributed by atoms with Gasteiger partial charge in [-0.1, -0.05) is 24.3 Å². The molecule has 0 spiro atoms. The summed E-state index contributed by atoms with van der Waals surface area (Å²) in [4.78, 5) is 15.9. The normalized spacial score (nSPS) is 14.7. The Bertz CT molecular complexity index is 688. The second-order valence-corrected chi connectivity index (χ2v) is 6.95. The van der Waals surface area contributed by atoms with E-state index in [1.165, 1.54) is 49.2 Å². The fraction of sp³-hybridized carbons (Fsp3) is 0.381. The van der Waals surface area contributed by atoms with Gasteiger partial charge in [0.05, 0.1) is 0 Å². The Hall–Kier alpha value is -2.33. The van der Waals surface area contributed by atoms with Crippen LogP contribution in [0.4, 0.5) is 5.69 Å². The first-order valence-corrected chi connectivity index (χ1v) is 9.03. The summed E-state index contributed by atoms with van der Waals surface area (Å²) in [5.74, 6) is -0.381. The molecule has 0 aliphatic carbocycles. The van der Waals surface area contributed by atoms with Crippen molar-refractivity contribution >= 4 is 11.6 Å². The number of hydrogen-bond donors (Lipinski definition) is 1. The minimum atomic E-state index is -0.381. The van der Waals surface area contributed by atoms with Crippen LogP contribution in [0, 0.1) is 0 Å². The third-order valence-electron chi connectivity index (χ3n) is 4.80. The Morgan fingerprint density at radius 1 is 0.920 bits per heavy atom. The summed E-state index contributed by atoms with van der Waals surface area (Å²) >= 11 is 0. The van der Waals surface area contributed by atoms with Gasteiger partial charge in [-0.25, -0.2) is 0 Å². The Balaban J connectivity index is 1.55. The van der Waals surface area contributed by atoms with Crippen LogP contribution < -0.4 is 10.6 Å². The predicted molar refractivity (Wildman–Crippen MR) is 103 cm³/mol. The highest BCUT2D eigenvalue weighted by molar-refractivity contribution is 5.92. The number of carbonyl (C=O) groups excluding carboxylic acids is 1. The number of nitrogens with two attached hydrogens (primary N) is 1. The molecule has 1 fully saturated rings. The predicted octanol–water partition coefficient (Wildman–Crippen LogP) is 3.41. The van der Waals surface area contributed by atoms with Gasteiger partial charge in [0.15, 0.2) is 0 Å². The van der Waals surface area contributed by atoms with Gasteiger partial charge in [0.1, 0.15) is 0 Å². The number of benzene rings is 2. The van der Waals surface area contributed by atoms with Crippen molar-refractivity contribution in [3.8, 4) is 0 Å². The molecule has 2 aromatic carbocycles. The molecule has 132 valence electrons. The summed E-state index contributed by atoms with van der Waals surface area (Å²) in [6.07, 6.45) is 3.97. The first-order chi connectivity index (χ1) is 12.1. The molecule has 1 saturated heterocycles. The zero-order valence-electron chi connectivity index (χ0n) is 14.9. The van der Waals surface area contributed by atoms with Gasteiger partial charge in [0, 0.05) is 37.4 Å². The third-order valence-corrected chi connectivity index (χ3v) is 4.80. The molecule has 3 rings (SSSR count). The minimum Gasteiger partial charge on any atom is -0.372 e. The number of rotatable bonds is 6. The van der Waals surface area contributed by atoms with Crippen LogP contribution in [0.1, 0.15) is 40.7 Å². The lowest BCUT2D eigenvalue weighted by Gasteiger charge is -2.29. The first kappa shape index (κ1) is 17.5. The standard InChI is InChI=1S/C21H27N3O/c1-23(15-17-5-9-19(10-6-17)21(22)25)16-18-7-11-20(12-8-18)24-13-3-2-4-14-24/h5-12H,2-4,13-16H2,1H3,(H2,22,25). The maximum Gasteiger partial charge on any atom is 0.248 e. The molecule has 0 saturated carbocycles. The fourth-order valence-corrected chi connectivity index (χ4v) is 3.42. The van der Waals surface area contributed by atoms with E-state index in [2.05, 4.69) is 41.1 Å². The van der Waals surface area contributed by atoms with Gasteiger partial charge in [-0.2, -0.15) is 0 Å². The summed E-state index contributed by atoms with van der Waals surface area (Å²) in [5, 5.41) is 0. The number of primary amides is 1. The van der Waals surface area contributed by atoms with E-state index in [4.69, 9.17) is 5.73 Å². The molecule has 4 heteroatoms. The van der Waals surface area contributed by atoms with Crippen LogP contribution in [-0.2, 0) is 13.1 Å². The Labute approximate surface area is 150 Å². The molecule has 1 aliphatic heterocycles. The van der Waals surface area contributed by atoms with E-state index < -0.39 is 0 Å². The van der Waals surface area contributed by atoms with Crippen molar-refractivity contribution in [3.63, 3.8) is 0 Å². The zero-order valence-corrected chi connectivity index (χ0v) is 14.9. The topological polar surface area (TPSA) is 49.6 Å². The fourth-order valence-electron chi connectivity index (χ4n) is 3.42. The molecule has 1 aliphatic rings. The van der Waals surface area contributed by atoms with Crippen molar-refractivity contribution in [3.05, 3.63) is 65.2 Å². The van der Waals surface area contributed by atoms with Crippen LogP contribution in [0.5, 0.6) is 0 Å². The third kappa shape index (κ3) is 4.83. The molecule has 0 bridgehead atoms. The first-order valence-electron chi connectivity index (χ1n) is 9.03. The van der Waals surface area contributed by atoms with Gasteiger partial charge in [-0.15, -0.1) is 0 Å². The molecule has 0 unspecified atom stereocenters. The monoisotopic (exact) mass is 337 g/mol. The summed E-state index contributed by atoms with van der Waals surface area (Å²) in [7, 11) is 2.11. The van der Waals surface area contributed by atoms with Crippen LogP contribution in [0.3, 0.4) is 0 Å². The molecule has 2 aromatic rings. The lowest BCUT2D eigenvalue weighted by atomic mass is 10.1. The van der Waals surface area contributed by atoms with Crippen molar-refractivity contribution < 1.29 is 4.79 Å². The molecule has 1 amide bonds. The summed E-state index contributed by atoms with van der Waals surface area (Å²) in [6.45, 7) is 4.10. The number of nitrogens with zero attached hydrogens (tertiary/aromatic N) is 2. The van der Waals surface area contributed by atoms with E-state index in [1.807, 2.05) is 12.1 Å². The van der Waals surface area contributed by atoms with Crippen molar-refractivity contribution in [2.45, 2.75) is 32.4 Å². The quantitative estimate of drug-likeness (QED) is 0.879. The van der Waals surface area contributed by atoms with E-state index in [0.29, 0.717) is 5.56 Å². The number of hydrogen-bond acceptors (Lipinski definition) is 3. The van der Waals surface area contributed by atoms with E-state index >= 15 is 0 Å². The number of piperidine rings is 1. The molecular weight excluding hydrogens is 310 g/mol. The Morgan fingerprint density at radius 2 is 1.44 bits per heavy atom. The molecule has 4 nitrogen and oxygen atoms in total. The maximum absolute atomic E-state index is 11.1. The van der Waals surface area contributed by atoms with Crippen molar-refractivity contribution in [1.29, 1.82) is 0 Å². The Morgan fingerprint density at radius 3 is 1.96 bits per heavy atom. The van der Waals surface area contributed by atoms with Crippen LogP contribution in [0.2, 0.25) is 0 Å². The zero-order chi connectivity index (χ0) is 17.6. The van der Waals surface area contributed by atoms with Gasteiger partial charge in [0.2, 0.25) is 5.91 Å². The number of anilines is 1. The minimum absolute atomic E-state index is 0.381. The molecule has 0 atom stereocenters. The lowest BCUT2D eigenvalue weighted by Crippen LogP contribution is -2.29. The van der Waals surface area contributed by atoms with E-state index in [0.717, 1.165) is 13.1 Å². The lowest BCUT2D eigenvalue weighted by molar-refractivity contribution is 0.100. The highest BCUT2D eigenvalue weighted by atomic mass is 16.1. The van der Waals surface area contributed by atoms with Crippen LogP contribution in [0.25, 0.3) is 0 Å². The molecule has 2 N–H and O–H groups in total. The van der Waals surface area contributed by atoms with Crippen LogP contribution >= 0.6 is 0 Å². The van der Waals surface area contributed by atoms with Crippen molar-refractivity contribution in [2.24, 2.45) is 5.73 Å². The molecule has 1 heterocycles. The van der Waals surface area contributed by atoms with Crippen LogP contribution in [0.15, 0.2) is 48.5 Å². The highest BCUT2D eigenvalue weighted by Gasteiger charge is 2.11.